The summed E-state index contributed by atoms with van der Waals surface area (Å²) in [5.74, 6) is 0. The van der Waals surface area contributed by atoms with Crippen molar-refractivity contribution in [2.45, 2.75) is 6.54 Å². The number of rotatable bonds is 4. The number of hydrogen-bond donors (Lipinski definition) is 0. The van der Waals surface area contributed by atoms with Gasteiger partial charge >= 0.3 is 0 Å². The lowest BCUT2D eigenvalue weighted by atomic mass is 10.5. The Morgan fingerprint density at radius 1 is 1.43 bits per heavy atom. The van der Waals surface area contributed by atoms with E-state index in [1.54, 1.807) is 12.5 Å². The molecule has 0 aromatic carbocycles. The Hall–Kier alpha value is -1.06. The first-order valence-electron chi connectivity index (χ1n) is 4.30. The van der Waals surface area contributed by atoms with Crippen LogP contribution < -0.4 is 0 Å². The molecule has 0 N–H and O–H groups in total. The van der Waals surface area contributed by atoms with Gasteiger partial charge in [0.05, 0.1) is 25.5 Å². The second-order valence-corrected chi connectivity index (χ2v) is 3.08. The Labute approximate surface area is 83.7 Å². The normalized spacial score (nSPS) is 10.9. The van der Waals surface area contributed by atoms with E-state index >= 15 is 0 Å². The molecule has 5 nitrogen and oxygen atoms in total. The van der Waals surface area contributed by atoms with Crippen molar-refractivity contribution in [3.63, 3.8) is 0 Å². The lowest BCUT2D eigenvalue weighted by Crippen LogP contribution is -2.04. The fourth-order valence-electron chi connectivity index (χ4n) is 1.22. The molecule has 2 rings (SSSR count). The van der Waals surface area contributed by atoms with Gasteiger partial charge in [-0.1, -0.05) is 0 Å². The predicted molar refractivity (Wildman–Crippen MR) is 55.9 cm³/mol. The molecule has 2 aromatic heterocycles. The number of fused-ring (bicyclic) bond motifs is 1. The van der Waals surface area contributed by atoms with E-state index in [-0.39, 0.29) is 0 Å². The molecule has 14 heavy (non-hydrogen) atoms. The summed E-state index contributed by atoms with van der Waals surface area (Å²) in [6.45, 7) is 1.43. The molecule has 0 bridgehead atoms. The summed E-state index contributed by atoms with van der Waals surface area (Å²) in [5.41, 5.74) is 1.67. The smallest absolute Gasteiger partial charge is 0.163 e. The van der Waals surface area contributed by atoms with Crippen molar-refractivity contribution in [2.75, 3.05) is 13.0 Å². The molecule has 0 saturated carbocycles. The van der Waals surface area contributed by atoms with E-state index in [0.29, 0.717) is 13.0 Å². The Kier molecular flexibility index (Phi) is 3.01. The van der Waals surface area contributed by atoms with E-state index in [4.69, 9.17) is 4.74 Å². The third kappa shape index (κ3) is 1.89. The zero-order valence-electron chi connectivity index (χ0n) is 7.63. The third-order valence-electron chi connectivity index (χ3n) is 1.88. The average Bonchev–Trinajstić information content (AvgIpc) is 2.63. The van der Waals surface area contributed by atoms with Crippen molar-refractivity contribution in [1.29, 1.82) is 0 Å². The molecule has 0 aliphatic heterocycles. The maximum absolute atomic E-state index is 5.23. The van der Waals surface area contributed by atoms with E-state index < -0.39 is 0 Å². The lowest BCUT2D eigenvalue weighted by molar-refractivity contribution is 0.173. The van der Waals surface area contributed by atoms with Crippen molar-refractivity contribution in [3.8, 4) is 0 Å². The summed E-state index contributed by atoms with van der Waals surface area (Å²) in [6.07, 6.45) is 5.64. The van der Waals surface area contributed by atoms with Gasteiger partial charge in [0, 0.05) is 6.54 Å². The minimum atomic E-state index is 0.654. The van der Waals surface area contributed by atoms with Crippen molar-refractivity contribution >= 4 is 20.4 Å². The fourth-order valence-corrected chi connectivity index (χ4v) is 1.39. The van der Waals surface area contributed by atoms with Crippen LogP contribution in [0.1, 0.15) is 0 Å². The maximum atomic E-state index is 5.23. The minimum Gasteiger partial charge on any atom is -0.376 e. The van der Waals surface area contributed by atoms with Crippen molar-refractivity contribution in [1.82, 2.24) is 19.5 Å². The van der Waals surface area contributed by atoms with Crippen LogP contribution in [-0.4, -0.2) is 32.5 Å². The van der Waals surface area contributed by atoms with Crippen LogP contribution in [0.5, 0.6) is 0 Å². The van der Waals surface area contributed by atoms with Crippen molar-refractivity contribution < 1.29 is 4.74 Å². The Morgan fingerprint density at radius 3 is 3.21 bits per heavy atom. The van der Waals surface area contributed by atoms with Crippen LogP contribution in [0.15, 0.2) is 18.9 Å². The molecule has 1 unspecified atom stereocenters. The van der Waals surface area contributed by atoms with Crippen LogP contribution in [0.3, 0.4) is 0 Å². The van der Waals surface area contributed by atoms with Gasteiger partial charge in [-0.05, 0) is 0 Å². The van der Waals surface area contributed by atoms with Crippen LogP contribution in [-0.2, 0) is 11.3 Å². The van der Waals surface area contributed by atoms with Gasteiger partial charge in [0.1, 0.15) is 11.8 Å². The number of ether oxygens (including phenoxy) is 1. The van der Waals surface area contributed by atoms with Gasteiger partial charge in [-0.25, -0.2) is 15.0 Å². The van der Waals surface area contributed by atoms with E-state index in [1.807, 2.05) is 4.57 Å². The molecule has 1 atom stereocenters. The monoisotopic (exact) mass is 210 g/mol. The average molecular weight is 210 g/mol. The van der Waals surface area contributed by atoms with Crippen LogP contribution in [0.2, 0.25) is 0 Å². The Balaban J connectivity index is 2.17. The molecule has 0 spiro atoms. The van der Waals surface area contributed by atoms with Gasteiger partial charge in [-0.3, -0.25) is 0 Å². The lowest BCUT2D eigenvalue weighted by Gasteiger charge is -2.02. The maximum Gasteiger partial charge on any atom is 0.163 e. The molecule has 2 heterocycles. The summed E-state index contributed by atoms with van der Waals surface area (Å²) in [6, 6.07) is 0. The van der Waals surface area contributed by atoms with Gasteiger partial charge in [0.25, 0.3) is 0 Å². The SMILES string of the molecule is PCOCCn1cnc2cncnc21. The quantitative estimate of drug-likeness (QED) is 0.550. The Morgan fingerprint density at radius 2 is 2.36 bits per heavy atom. The largest absolute Gasteiger partial charge is 0.376 e. The van der Waals surface area contributed by atoms with Crippen molar-refractivity contribution in [2.24, 2.45) is 0 Å². The molecule has 0 radical (unpaired) electrons. The molecule has 0 fully saturated rings. The third-order valence-corrected chi connectivity index (χ3v) is 2.11. The predicted octanol–water partition coefficient (Wildman–Crippen LogP) is 0.675. The van der Waals surface area contributed by atoms with E-state index in [1.165, 1.54) is 6.33 Å². The van der Waals surface area contributed by atoms with Gasteiger partial charge in [0.2, 0.25) is 0 Å². The summed E-state index contributed by atoms with van der Waals surface area (Å²) >= 11 is 0. The van der Waals surface area contributed by atoms with Gasteiger partial charge < -0.3 is 9.30 Å². The zero-order chi connectivity index (χ0) is 9.80. The summed E-state index contributed by atoms with van der Waals surface area (Å²) < 4.78 is 7.18. The molecule has 6 heteroatoms. The Bertz CT molecular complexity index is 416. The highest BCUT2D eigenvalue weighted by Gasteiger charge is 2.01. The summed E-state index contributed by atoms with van der Waals surface area (Å²) in [5, 5.41) is 0. The van der Waals surface area contributed by atoms with E-state index in [0.717, 1.165) is 17.7 Å². The topological polar surface area (TPSA) is 52.8 Å². The zero-order valence-corrected chi connectivity index (χ0v) is 8.78. The molecular weight excluding hydrogens is 199 g/mol. The standard InChI is InChI=1S/C8H11N4OP/c14-6-13-2-1-12-5-11-7-3-9-4-10-8(7)12/h3-5H,1-2,6,14H2. The minimum absolute atomic E-state index is 0.654. The summed E-state index contributed by atoms with van der Waals surface area (Å²) in [7, 11) is 2.52. The summed E-state index contributed by atoms with van der Waals surface area (Å²) in [4.78, 5) is 12.2. The molecule has 0 amide bonds. The van der Waals surface area contributed by atoms with Crippen LogP contribution in [0.25, 0.3) is 11.2 Å². The molecule has 74 valence electrons. The first-order valence-corrected chi connectivity index (χ1v) is 5.12. The van der Waals surface area contributed by atoms with Crippen LogP contribution in [0, 0.1) is 0 Å². The highest BCUT2D eigenvalue weighted by Crippen LogP contribution is 2.06. The number of hydrogen-bond acceptors (Lipinski definition) is 4. The number of aromatic nitrogens is 4. The van der Waals surface area contributed by atoms with Gasteiger partial charge in [0.15, 0.2) is 5.65 Å². The number of imidazole rings is 1. The molecule has 0 aliphatic carbocycles. The van der Waals surface area contributed by atoms with E-state index in [2.05, 4.69) is 24.2 Å². The highest BCUT2D eigenvalue weighted by molar-refractivity contribution is 7.16. The molecule has 0 saturated heterocycles. The van der Waals surface area contributed by atoms with Crippen molar-refractivity contribution in [3.05, 3.63) is 18.9 Å². The fraction of sp³-hybridized carbons (Fsp3) is 0.375. The van der Waals surface area contributed by atoms with Gasteiger partial charge in [-0.15, -0.1) is 9.24 Å². The molecule has 2 aromatic rings. The first kappa shape index (κ1) is 9.49. The highest BCUT2D eigenvalue weighted by atomic mass is 31.0. The van der Waals surface area contributed by atoms with E-state index in [9.17, 15) is 0 Å². The van der Waals surface area contributed by atoms with Gasteiger partial charge in [-0.2, -0.15) is 0 Å². The van der Waals surface area contributed by atoms with Crippen LogP contribution in [0.4, 0.5) is 0 Å². The second-order valence-electron chi connectivity index (χ2n) is 2.74. The van der Waals surface area contributed by atoms with Crippen LogP contribution >= 0.6 is 9.24 Å². The molecule has 0 aliphatic rings. The second kappa shape index (κ2) is 4.44. The first-order chi connectivity index (χ1) is 6.92. The molecular formula is C8H11N4OP. The number of nitrogens with zero attached hydrogens (tertiary/aromatic N) is 4.